The topological polar surface area (TPSA) is 44.5 Å². The molecule has 1 saturated heterocycles. The van der Waals surface area contributed by atoms with Crippen LogP contribution in [0.5, 0.6) is 0 Å². The summed E-state index contributed by atoms with van der Waals surface area (Å²) in [4.78, 5) is 10.9. The van der Waals surface area contributed by atoms with Crippen molar-refractivity contribution in [3.63, 3.8) is 0 Å². The first kappa shape index (κ1) is 15.9. The maximum Gasteiger partial charge on any atom is 0.0914 e. The van der Waals surface area contributed by atoms with Crippen LogP contribution in [0.2, 0.25) is 0 Å². The number of halogens is 2. The van der Waals surface area contributed by atoms with E-state index in [0.717, 1.165) is 10.6 Å². The molecule has 1 heterocycles. The molecule has 1 fully saturated rings. The quantitative estimate of drug-likeness (QED) is 0.515. The predicted molar refractivity (Wildman–Crippen MR) is 71.8 cm³/mol. The fourth-order valence-corrected chi connectivity index (χ4v) is 2.39. The second kappa shape index (κ2) is 7.25. The van der Waals surface area contributed by atoms with Gasteiger partial charge in [0.05, 0.1) is 13.2 Å². The van der Waals surface area contributed by atoms with E-state index in [2.05, 4.69) is 6.07 Å². The summed E-state index contributed by atoms with van der Waals surface area (Å²) in [6.45, 7) is 1.24. The lowest BCUT2D eigenvalue weighted by molar-refractivity contribution is -0.248. The summed E-state index contributed by atoms with van der Waals surface area (Å²) < 4.78 is 0. The lowest BCUT2D eigenvalue weighted by Gasteiger charge is -2.12. The highest BCUT2D eigenvalue weighted by molar-refractivity contribution is 7.98. The molecule has 1 aliphatic heterocycles. The van der Waals surface area contributed by atoms with Gasteiger partial charge in [-0.1, -0.05) is 12.1 Å². The van der Waals surface area contributed by atoms with E-state index in [1.54, 1.807) is 11.8 Å². The van der Waals surface area contributed by atoms with Crippen molar-refractivity contribution in [3.05, 3.63) is 23.8 Å². The van der Waals surface area contributed by atoms with Crippen LogP contribution in [0, 0.1) is 0 Å². The smallest absolute Gasteiger partial charge is 0.0914 e. The Hall–Kier alpha value is -0.130. The third kappa shape index (κ3) is 3.18. The Morgan fingerprint density at radius 2 is 1.88 bits per heavy atom. The Morgan fingerprint density at radius 3 is 2.44 bits per heavy atom. The number of hydrogen-bond donors (Lipinski definition) is 1. The van der Waals surface area contributed by atoms with Crippen LogP contribution in [-0.2, 0) is 9.78 Å². The minimum atomic E-state index is 0. The number of anilines is 1. The zero-order valence-corrected chi connectivity index (χ0v) is 11.3. The maximum atomic E-state index is 5.90. The van der Waals surface area contributed by atoms with Gasteiger partial charge in [0.2, 0.25) is 0 Å². The average molecular weight is 284 g/mol. The Morgan fingerprint density at radius 1 is 1.25 bits per heavy atom. The number of hydrogen-bond acceptors (Lipinski definition) is 4. The molecular weight excluding hydrogens is 269 g/mol. The van der Waals surface area contributed by atoms with Crippen molar-refractivity contribution in [1.82, 2.24) is 0 Å². The van der Waals surface area contributed by atoms with Gasteiger partial charge in [0, 0.05) is 16.5 Å². The normalized spacial score (nSPS) is 15.3. The highest BCUT2D eigenvalue weighted by Crippen LogP contribution is 2.34. The van der Waals surface area contributed by atoms with Gasteiger partial charge in [-0.3, -0.25) is 0 Å². The van der Waals surface area contributed by atoms with Gasteiger partial charge in [0.1, 0.15) is 0 Å². The first-order valence-corrected chi connectivity index (χ1v) is 5.72. The molecular formula is C10H15Cl2NO2S. The molecule has 2 N–H and O–H groups in total. The zero-order chi connectivity index (χ0) is 9.97. The molecule has 0 spiro atoms. The summed E-state index contributed by atoms with van der Waals surface area (Å²) >= 11 is 1.67. The molecule has 2 rings (SSSR count). The van der Waals surface area contributed by atoms with Crippen molar-refractivity contribution in [2.45, 2.75) is 10.8 Å². The molecule has 16 heavy (non-hydrogen) atoms. The average Bonchev–Trinajstić information content (AvgIpc) is 2.70. The van der Waals surface area contributed by atoms with Gasteiger partial charge in [-0.2, -0.15) is 0 Å². The van der Waals surface area contributed by atoms with E-state index < -0.39 is 0 Å². The number of rotatable bonds is 2. The van der Waals surface area contributed by atoms with E-state index in [4.69, 9.17) is 15.5 Å². The monoisotopic (exact) mass is 283 g/mol. The van der Waals surface area contributed by atoms with Crippen molar-refractivity contribution in [3.8, 4) is 0 Å². The van der Waals surface area contributed by atoms with Crippen molar-refractivity contribution in [2.75, 3.05) is 25.2 Å². The summed E-state index contributed by atoms with van der Waals surface area (Å²) in [7, 11) is 0. The van der Waals surface area contributed by atoms with Crippen LogP contribution >= 0.6 is 36.6 Å². The highest BCUT2D eigenvalue weighted by atomic mass is 35.5. The number of thioether (sulfide) groups is 1. The molecule has 0 atom stereocenters. The fraction of sp³-hybridized carbons (Fsp3) is 0.400. The molecule has 6 heteroatoms. The van der Waals surface area contributed by atoms with Gasteiger partial charge in [-0.05, 0) is 17.9 Å². The van der Waals surface area contributed by atoms with Crippen molar-refractivity contribution >= 4 is 42.3 Å². The molecule has 0 unspecified atom stereocenters. The molecule has 0 bridgehead atoms. The summed E-state index contributed by atoms with van der Waals surface area (Å²) in [5.74, 6) is 0.320. The first-order valence-electron chi connectivity index (χ1n) is 4.49. The molecule has 0 aliphatic carbocycles. The first-order chi connectivity index (χ1) is 6.83. The Bertz CT molecular complexity index is 333. The van der Waals surface area contributed by atoms with Crippen LogP contribution in [0.25, 0.3) is 0 Å². The summed E-state index contributed by atoms with van der Waals surface area (Å²) in [6.07, 6.45) is 2.03. The Labute approximate surface area is 112 Å². The standard InChI is InChI=1S/C10H13NO2S.2ClH/c1-14-10-8(3-2-4-9(10)11)7-5-12-13-6-7;;/h2-4,7H,5-6,11H2,1H3;2*1H. The minimum absolute atomic E-state index is 0. The second-order valence-corrected chi connectivity index (χ2v) is 4.05. The Balaban J connectivity index is 0.00000112. The molecule has 1 aromatic rings. The number of nitrogens with two attached hydrogens (primary N) is 1. The van der Waals surface area contributed by atoms with E-state index in [9.17, 15) is 0 Å². The van der Waals surface area contributed by atoms with Crippen molar-refractivity contribution < 1.29 is 9.78 Å². The molecule has 0 radical (unpaired) electrons. The highest BCUT2D eigenvalue weighted by Gasteiger charge is 2.22. The maximum absolute atomic E-state index is 5.90. The van der Waals surface area contributed by atoms with E-state index in [0.29, 0.717) is 19.1 Å². The fourth-order valence-electron chi connectivity index (χ4n) is 1.62. The minimum Gasteiger partial charge on any atom is -0.398 e. The van der Waals surface area contributed by atoms with Crippen LogP contribution in [0.3, 0.4) is 0 Å². The summed E-state index contributed by atoms with van der Waals surface area (Å²) in [5.41, 5.74) is 7.96. The third-order valence-corrected chi connectivity index (χ3v) is 3.22. The Kier molecular flexibility index (Phi) is 7.19. The predicted octanol–water partition coefficient (Wildman–Crippen LogP) is 2.88. The molecule has 1 aliphatic rings. The molecule has 0 saturated carbocycles. The van der Waals surface area contributed by atoms with E-state index >= 15 is 0 Å². The van der Waals surface area contributed by atoms with E-state index in [1.165, 1.54) is 5.56 Å². The number of nitrogen functional groups attached to an aromatic ring is 1. The second-order valence-electron chi connectivity index (χ2n) is 3.24. The van der Waals surface area contributed by atoms with Crippen LogP contribution in [-0.4, -0.2) is 19.5 Å². The molecule has 0 aromatic heterocycles. The van der Waals surface area contributed by atoms with E-state index in [1.807, 2.05) is 18.4 Å². The SMILES string of the molecule is CSc1c(N)cccc1C1COOC1.Cl.Cl. The van der Waals surface area contributed by atoms with Gasteiger partial charge in [0.15, 0.2) is 0 Å². The number of benzene rings is 1. The zero-order valence-electron chi connectivity index (χ0n) is 8.84. The lowest BCUT2D eigenvalue weighted by atomic mass is 10.0. The van der Waals surface area contributed by atoms with Gasteiger partial charge in [-0.25, -0.2) is 9.78 Å². The van der Waals surface area contributed by atoms with E-state index in [-0.39, 0.29) is 24.8 Å². The van der Waals surface area contributed by atoms with Gasteiger partial charge < -0.3 is 5.73 Å². The van der Waals surface area contributed by atoms with Crippen LogP contribution in [0.15, 0.2) is 23.1 Å². The third-order valence-electron chi connectivity index (χ3n) is 2.34. The molecule has 1 aromatic carbocycles. The van der Waals surface area contributed by atoms with Crippen LogP contribution < -0.4 is 5.73 Å². The van der Waals surface area contributed by atoms with Crippen molar-refractivity contribution in [1.29, 1.82) is 0 Å². The van der Waals surface area contributed by atoms with Gasteiger partial charge in [-0.15, -0.1) is 36.6 Å². The molecule has 0 amide bonds. The van der Waals surface area contributed by atoms with Crippen LogP contribution in [0.1, 0.15) is 11.5 Å². The van der Waals surface area contributed by atoms with Gasteiger partial charge >= 0.3 is 0 Å². The lowest BCUT2D eigenvalue weighted by Crippen LogP contribution is -2.04. The summed E-state index contributed by atoms with van der Waals surface area (Å²) in [5, 5.41) is 0. The van der Waals surface area contributed by atoms with Crippen molar-refractivity contribution in [2.24, 2.45) is 0 Å². The molecule has 3 nitrogen and oxygen atoms in total. The largest absolute Gasteiger partial charge is 0.398 e. The van der Waals surface area contributed by atoms with Gasteiger partial charge in [0.25, 0.3) is 0 Å². The van der Waals surface area contributed by atoms with Crippen LogP contribution in [0.4, 0.5) is 5.69 Å². The summed E-state index contributed by atoms with van der Waals surface area (Å²) in [6, 6.07) is 5.99. The molecule has 92 valence electrons.